The fraction of sp³-hybridized carbons (Fsp3) is 0.333. The van der Waals surface area contributed by atoms with Gasteiger partial charge in [0.15, 0.2) is 9.84 Å². The minimum Gasteiger partial charge on any atom is -0.482 e. The molecule has 1 aromatic carbocycles. The lowest BCUT2D eigenvalue weighted by Crippen LogP contribution is -2.46. The van der Waals surface area contributed by atoms with Crippen molar-refractivity contribution in [2.45, 2.75) is 23.5 Å². The van der Waals surface area contributed by atoms with Crippen LogP contribution in [0.15, 0.2) is 47.5 Å². The molecular formula is C18H20N2O3S. The Kier molecular flexibility index (Phi) is 3.54. The molecule has 2 N–H and O–H groups in total. The van der Waals surface area contributed by atoms with Gasteiger partial charge in [0, 0.05) is 35.9 Å². The lowest BCUT2D eigenvalue weighted by atomic mass is 9.84. The van der Waals surface area contributed by atoms with Gasteiger partial charge in [-0.3, -0.25) is 0 Å². The van der Waals surface area contributed by atoms with Crippen LogP contribution in [-0.2, 0) is 9.84 Å². The number of fused-ring (bicyclic) bond motifs is 1. The van der Waals surface area contributed by atoms with Crippen LogP contribution in [0.1, 0.15) is 24.1 Å². The fourth-order valence-corrected chi connectivity index (χ4v) is 4.05. The summed E-state index contributed by atoms with van der Waals surface area (Å²) in [6.07, 6.45) is 5.16. The van der Waals surface area contributed by atoms with Crippen molar-refractivity contribution in [3.63, 3.8) is 0 Å². The molecule has 0 bridgehead atoms. The average molecular weight is 344 g/mol. The van der Waals surface area contributed by atoms with Crippen LogP contribution in [0.2, 0.25) is 0 Å². The number of nitrogens with one attached hydrogen (secondary N) is 2. The third kappa shape index (κ3) is 2.65. The van der Waals surface area contributed by atoms with Crippen LogP contribution in [0, 0.1) is 0 Å². The molecule has 1 aromatic heterocycles. The van der Waals surface area contributed by atoms with Crippen molar-refractivity contribution in [1.29, 1.82) is 0 Å². The van der Waals surface area contributed by atoms with E-state index in [0.29, 0.717) is 0 Å². The number of sulfone groups is 1. The number of aromatic amines is 1. The van der Waals surface area contributed by atoms with Crippen molar-refractivity contribution in [1.82, 2.24) is 10.3 Å². The first-order valence-electron chi connectivity index (χ1n) is 8.08. The van der Waals surface area contributed by atoms with E-state index in [1.807, 2.05) is 30.3 Å². The fourth-order valence-electron chi connectivity index (χ4n) is 3.44. The first-order chi connectivity index (χ1) is 11.5. The van der Waals surface area contributed by atoms with E-state index in [2.05, 4.69) is 16.4 Å². The zero-order chi connectivity index (χ0) is 16.8. The van der Waals surface area contributed by atoms with Crippen LogP contribution < -0.4 is 10.1 Å². The molecule has 0 aliphatic carbocycles. The van der Waals surface area contributed by atoms with Crippen molar-refractivity contribution in [3.8, 4) is 5.75 Å². The smallest absolute Gasteiger partial charge is 0.190 e. The van der Waals surface area contributed by atoms with Gasteiger partial charge in [0.25, 0.3) is 0 Å². The first kappa shape index (κ1) is 15.5. The Morgan fingerprint density at radius 1 is 1.08 bits per heavy atom. The number of H-pyrrole nitrogens is 1. The Morgan fingerprint density at radius 2 is 1.83 bits per heavy atom. The highest BCUT2D eigenvalue weighted by molar-refractivity contribution is 7.90. The van der Waals surface area contributed by atoms with Crippen molar-refractivity contribution in [2.75, 3.05) is 19.3 Å². The molecule has 0 atom stereocenters. The Bertz CT molecular complexity index is 906. The van der Waals surface area contributed by atoms with Crippen LogP contribution in [-0.4, -0.2) is 38.3 Å². The summed E-state index contributed by atoms with van der Waals surface area (Å²) in [5.41, 5.74) is 2.48. The Hall–Kier alpha value is -2.05. The van der Waals surface area contributed by atoms with Crippen molar-refractivity contribution in [3.05, 3.63) is 53.7 Å². The van der Waals surface area contributed by atoms with E-state index in [4.69, 9.17) is 4.74 Å². The standard InChI is InChI=1S/C18H20N2O3S/c1-24(21,22)17-7-6-15(20-17)14-12-18(8-10-19-11-9-18)23-16-5-3-2-4-13(14)16/h2-7,12,19-20H,8-11H2,1H3. The zero-order valence-corrected chi connectivity index (χ0v) is 14.3. The molecule has 1 spiro atoms. The molecule has 0 amide bonds. The van der Waals surface area contributed by atoms with Gasteiger partial charge < -0.3 is 15.0 Å². The Labute approximate surface area is 141 Å². The normalized spacial score (nSPS) is 19.5. The second-order valence-corrected chi connectivity index (χ2v) is 8.46. The minimum absolute atomic E-state index is 0.238. The monoisotopic (exact) mass is 344 g/mol. The lowest BCUT2D eigenvalue weighted by molar-refractivity contribution is 0.0816. The molecule has 24 heavy (non-hydrogen) atoms. The third-order valence-electron chi connectivity index (χ3n) is 4.70. The molecule has 2 aromatic rings. The van der Waals surface area contributed by atoms with Crippen LogP contribution in [0.3, 0.4) is 0 Å². The van der Waals surface area contributed by atoms with Gasteiger partial charge in [0.2, 0.25) is 0 Å². The molecule has 3 heterocycles. The third-order valence-corrected chi connectivity index (χ3v) is 5.73. The van der Waals surface area contributed by atoms with Gasteiger partial charge in [-0.2, -0.15) is 0 Å². The molecule has 6 heteroatoms. The summed E-state index contributed by atoms with van der Waals surface area (Å²) < 4.78 is 29.9. The SMILES string of the molecule is CS(=O)(=O)c1ccc(C2=CC3(CCNCC3)Oc3ccccc32)[nH]1. The molecule has 4 rings (SSSR count). The van der Waals surface area contributed by atoms with Gasteiger partial charge in [0.05, 0.1) is 0 Å². The molecule has 5 nitrogen and oxygen atoms in total. The summed E-state index contributed by atoms with van der Waals surface area (Å²) in [7, 11) is -3.26. The van der Waals surface area contributed by atoms with E-state index >= 15 is 0 Å². The minimum atomic E-state index is -3.26. The molecule has 2 aliphatic heterocycles. The molecule has 1 fully saturated rings. The number of hydrogen-bond acceptors (Lipinski definition) is 4. The number of rotatable bonds is 2. The average Bonchev–Trinajstić information content (AvgIpc) is 3.05. The molecular weight excluding hydrogens is 324 g/mol. The van der Waals surface area contributed by atoms with Crippen molar-refractivity contribution in [2.24, 2.45) is 0 Å². The maximum Gasteiger partial charge on any atom is 0.190 e. The lowest BCUT2D eigenvalue weighted by Gasteiger charge is -2.39. The van der Waals surface area contributed by atoms with E-state index in [1.54, 1.807) is 6.07 Å². The predicted octanol–water partition coefficient (Wildman–Crippen LogP) is 2.36. The highest BCUT2D eigenvalue weighted by Gasteiger charge is 2.37. The van der Waals surface area contributed by atoms with E-state index < -0.39 is 9.84 Å². The van der Waals surface area contributed by atoms with Gasteiger partial charge in [-0.1, -0.05) is 18.2 Å². The number of benzene rings is 1. The van der Waals surface area contributed by atoms with E-state index in [1.165, 1.54) is 6.26 Å². The molecule has 0 saturated carbocycles. The molecule has 126 valence electrons. The summed E-state index contributed by atoms with van der Waals surface area (Å²) in [5.74, 6) is 0.854. The maximum atomic E-state index is 11.8. The largest absolute Gasteiger partial charge is 0.482 e. The first-order valence-corrected chi connectivity index (χ1v) is 9.97. The van der Waals surface area contributed by atoms with Crippen molar-refractivity contribution < 1.29 is 13.2 Å². The van der Waals surface area contributed by atoms with Gasteiger partial charge in [-0.15, -0.1) is 0 Å². The van der Waals surface area contributed by atoms with Gasteiger partial charge in [0.1, 0.15) is 16.4 Å². The van der Waals surface area contributed by atoms with E-state index in [9.17, 15) is 8.42 Å². The molecule has 1 saturated heterocycles. The highest BCUT2D eigenvalue weighted by Crippen LogP contribution is 2.42. The number of piperidine rings is 1. The van der Waals surface area contributed by atoms with E-state index in [-0.39, 0.29) is 10.6 Å². The number of para-hydroxylation sites is 1. The summed E-state index contributed by atoms with van der Waals surface area (Å²) in [5, 5.41) is 3.60. The summed E-state index contributed by atoms with van der Waals surface area (Å²) in [6, 6.07) is 11.4. The Balaban J connectivity index is 1.85. The number of aromatic nitrogens is 1. The molecule has 2 aliphatic rings. The quantitative estimate of drug-likeness (QED) is 0.877. The van der Waals surface area contributed by atoms with Crippen molar-refractivity contribution >= 4 is 15.4 Å². The van der Waals surface area contributed by atoms with Crippen LogP contribution >= 0.6 is 0 Å². The summed E-state index contributed by atoms with van der Waals surface area (Å²) in [6.45, 7) is 1.82. The Morgan fingerprint density at radius 3 is 2.54 bits per heavy atom. The molecule has 0 radical (unpaired) electrons. The van der Waals surface area contributed by atoms with E-state index in [0.717, 1.165) is 48.5 Å². The highest BCUT2D eigenvalue weighted by atomic mass is 32.2. The zero-order valence-electron chi connectivity index (χ0n) is 13.5. The van der Waals surface area contributed by atoms with Gasteiger partial charge in [-0.25, -0.2) is 8.42 Å². The summed E-state index contributed by atoms with van der Waals surface area (Å²) in [4.78, 5) is 3.06. The van der Waals surface area contributed by atoms with Gasteiger partial charge >= 0.3 is 0 Å². The topological polar surface area (TPSA) is 71.2 Å². The van der Waals surface area contributed by atoms with Crippen LogP contribution in [0.4, 0.5) is 0 Å². The van der Waals surface area contributed by atoms with Crippen LogP contribution in [0.5, 0.6) is 5.75 Å². The van der Waals surface area contributed by atoms with Crippen LogP contribution in [0.25, 0.3) is 5.57 Å². The second-order valence-electron chi connectivity index (χ2n) is 6.48. The van der Waals surface area contributed by atoms with Gasteiger partial charge in [-0.05, 0) is 37.4 Å². The molecule has 0 unspecified atom stereocenters. The summed E-state index contributed by atoms with van der Waals surface area (Å²) >= 11 is 0. The predicted molar refractivity (Wildman–Crippen MR) is 92.9 cm³/mol. The maximum absolute atomic E-state index is 11.8. The number of ether oxygens (including phenoxy) is 1. The second kappa shape index (κ2) is 5.50. The number of hydrogen-bond donors (Lipinski definition) is 2.